The van der Waals surface area contributed by atoms with Gasteiger partial charge in [0.1, 0.15) is 17.3 Å². The Kier molecular flexibility index (Phi) is 5.72. The van der Waals surface area contributed by atoms with Crippen molar-refractivity contribution in [2.75, 3.05) is 31.1 Å². The van der Waals surface area contributed by atoms with E-state index in [1.807, 2.05) is 18.2 Å². The molecular formula is C19H20FN7O2S. The van der Waals surface area contributed by atoms with Gasteiger partial charge in [-0.05, 0) is 42.5 Å². The van der Waals surface area contributed by atoms with Crippen LogP contribution in [0.25, 0.3) is 16.7 Å². The van der Waals surface area contributed by atoms with Crippen molar-refractivity contribution < 1.29 is 13.9 Å². The Labute approximate surface area is 177 Å². The number of para-hydroxylation sites is 1. The standard InChI is InChI=1S/C19H20FN7O2S/c20-14-9-12(5-6-16(14)27-17-4-2-1-3-15(17)24-25-27)26-11-13(29-19(26)28)10-23-18(30)22-8-7-21/h1-6,9,13H,7-8,10-11,21H2,(H2,22,23,30)/t13-/m1/s1. The summed E-state index contributed by atoms with van der Waals surface area (Å²) >= 11 is 5.12. The van der Waals surface area contributed by atoms with Crippen LogP contribution >= 0.6 is 12.2 Å². The number of cyclic esters (lactones) is 1. The summed E-state index contributed by atoms with van der Waals surface area (Å²) in [5, 5.41) is 14.4. The molecule has 30 heavy (non-hydrogen) atoms. The van der Waals surface area contributed by atoms with Crippen LogP contribution in [-0.2, 0) is 4.74 Å². The number of rotatable bonds is 6. The first-order valence-electron chi connectivity index (χ1n) is 9.37. The van der Waals surface area contributed by atoms with Gasteiger partial charge in [-0.2, -0.15) is 0 Å². The van der Waals surface area contributed by atoms with Crippen molar-refractivity contribution in [2.45, 2.75) is 6.10 Å². The maximum Gasteiger partial charge on any atom is 0.414 e. The summed E-state index contributed by atoms with van der Waals surface area (Å²) in [6.07, 6.45) is -0.960. The molecule has 9 nitrogen and oxygen atoms in total. The lowest BCUT2D eigenvalue weighted by molar-refractivity contribution is 0.143. The lowest BCUT2D eigenvalue weighted by Crippen LogP contribution is -2.42. The van der Waals surface area contributed by atoms with Gasteiger partial charge >= 0.3 is 6.09 Å². The minimum atomic E-state index is -0.541. The summed E-state index contributed by atoms with van der Waals surface area (Å²) in [4.78, 5) is 13.6. The van der Waals surface area contributed by atoms with Crippen LogP contribution in [0.15, 0.2) is 42.5 Å². The van der Waals surface area contributed by atoms with Gasteiger partial charge in [-0.25, -0.2) is 13.9 Å². The third-order valence-electron chi connectivity index (χ3n) is 4.62. The number of hydrogen-bond acceptors (Lipinski definition) is 6. The fraction of sp³-hybridized carbons (Fsp3) is 0.263. The Morgan fingerprint density at radius 2 is 2.13 bits per heavy atom. The van der Waals surface area contributed by atoms with E-state index in [0.29, 0.717) is 41.5 Å². The Morgan fingerprint density at radius 3 is 2.93 bits per heavy atom. The number of fused-ring (bicyclic) bond motifs is 1. The molecule has 4 rings (SSSR count). The van der Waals surface area contributed by atoms with Crippen LogP contribution in [0.5, 0.6) is 0 Å². The van der Waals surface area contributed by atoms with Crippen LogP contribution in [0.3, 0.4) is 0 Å². The van der Waals surface area contributed by atoms with Crippen molar-refractivity contribution >= 4 is 40.1 Å². The number of nitrogens with one attached hydrogen (secondary N) is 2. The SMILES string of the molecule is NCCNC(=S)NC[C@@H]1CN(c2ccc(-n3nnc4ccccc43)c(F)c2)C(=O)O1. The predicted octanol–water partition coefficient (Wildman–Crippen LogP) is 1.31. The highest BCUT2D eigenvalue weighted by Gasteiger charge is 2.32. The normalized spacial score (nSPS) is 16.0. The minimum absolute atomic E-state index is 0.245. The number of amides is 1. The highest BCUT2D eigenvalue weighted by atomic mass is 32.1. The summed E-state index contributed by atoms with van der Waals surface area (Å²) < 4.78 is 21.7. The smallest absolute Gasteiger partial charge is 0.414 e. The second-order valence-corrected chi connectivity index (χ2v) is 7.08. The third kappa shape index (κ3) is 4.02. The fourth-order valence-electron chi connectivity index (χ4n) is 3.18. The van der Waals surface area contributed by atoms with Crippen LogP contribution in [0.2, 0.25) is 0 Å². The minimum Gasteiger partial charge on any atom is -0.442 e. The van der Waals surface area contributed by atoms with Crippen LogP contribution in [0.4, 0.5) is 14.9 Å². The number of aromatic nitrogens is 3. The molecule has 0 spiro atoms. The number of carbonyl (C=O) groups is 1. The molecule has 11 heteroatoms. The summed E-state index contributed by atoms with van der Waals surface area (Å²) in [5.74, 6) is -0.523. The zero-order chi connectivity index (χ0) is 21.1. The van der Waals surface area contributed by atoms with E-state index in [0.717, 1.165) is 0 Å². The van der Waals surface area contributed by atoms with E-state index in [1.165, 1.54) is 15.6 Å². The quantitative estimate of drug-likeness (QED) is 0.503. The first kappa shape index (κ1) is 20.0. The fourth-order valence-corrected chi connectivity index (χ4v) is 3.36. The molecule has 4 N–H and O–H groups in total. The molecule has 0 saturated carbocycles. The number of nitrogens with zero attached hydrogens (tertiary/aromatic N) is 4. The molecule has 1 aliphatic heterocycles. The molecule has 156 valence electrons. The maximum atomic E-state index is 14.9. The number of benzene rings is 2. The number of ether oxygens (including phenoxy) is 1. The van der Waals surface area contributed by atoms with Gasteiger partial charge < -0.3 is 21.1 Å². The second kappa shape index (κ2) is 8.59. The highest BCUT2D eigenvalue weighted by Crippen LogP contribution is 2.26. The van der Waals surface area contributed by atoms with Gasteiger partial charge in [-0.15, -0.1) is 5.10 Å². The van der Waals surface area contributed by atoms with E-state index in [4.69, 9.17) is 22.7 Å². The lowest BCUT2D eigenvalue weighted by atomic mass is 10.2. The molecule has 1 fully saturated rings. The topological polar surface area (TPSA) is 110 Å². The number of carbonyl (C=O) groups excluding carboxylic acids is 1. The molecule has 1 atom stereocenters. The zero-order valence-corrected chi connectivity index (χ0v) is 16.7. The Bertz CT molecular complexity index is 1090. The Balaban J connectivity index is 1.46. The molecule has 1 aromatic heterocycles. The highest BCUT2D eigenvalue weighted by molar-refractivity contribution is 7.80. The lowest BCUT2D eigenvalue weighted by Gasteiger charge is -2.15. The van der Waals surface area contributed by atoms with Gasteiger partial charge in [-0.3, -0.25) is 4.90 Å². The van der Waals surface area contributed by atoms with Gasteiger partial charge in [-0.1, -0.05) is 17.3 Å². The number of hydrogen-bond donors (Lipinski definition) is 3. The van der Waals surface area contributed by atoms with Gasteiger partial charge in [0.15, 0.2) is 10.9 Å². The Hall–Kier alpha value is -3.31. The van der Waals surface area contributed by atoms with Crippen LogP contribution in [-0.4, -0.2) is 58.5 Å². The van der Waals surface area contributed by atoms with Crippen LogP contribution in [0.1, 0.15) is 0 Å². The number of thiocarbonyl (C=S) groups is 1. The van der Waals surface area contributed by atoms with Crippen molar-refractivity contribution in [3.63, 3.8) is 0 Å². The summed E-state index contributed by atoms with van der Waals surface area (Å²) in [6.45, 7) is 1.62. The summed E-state index contributed by atoms with van der Waals surface area (Å²) in [7, 11) is 0. The average molecular weight is 429 g/mol. The summed E-state index contributed by atoms with van der Waals surface area (Å²) in [5.41, 5.74) is 7.41. The van der Waals surface area contributed by atoms with Gasteiger partial charge in [0.25, 0.3) is 0 Å². The molecule has 1 saturated heterocycles. The van der Waals surface area contributed by atoms with Gasteiger partial charge in [0.05, 0.1) is 24.3 Å². The molecule has 1 amide bonds. The van der Waals surface area contributed by atoms with Crippen molar-refractivity contribution in [2.24, 2.45) is 5.73 Å². The van der Waals surface area contributed by atoms with Crippen molar-refractivity contribution in [3.8, 4) is 5.69 Å². The second-order valence-electron chi connectivity index (χ2n) is 6.67. The summed E-state index contributed by atoms with van der Waals surface area (Å²) in [6, 6.07) is 11.8. The number of anilines is 1. The average Bonchev–Trinajstić information content (AvgIpc) is 3.34. The van der Waals surface area contributed by atoms with Crippen LogP contribution < -0.4 is 21.3 Å². The first-order chi connectivity index (χ1) is 14.6. The first-order valence-corrected chi connectivity index (χ1v) is 9.78. The van der Waals surface area contributed by atoms with Crippen molar-refractivity contribution in [1.82, 2.24) is 25.6 Å². The molecule has 0 unspecified atom stereocenters. The molecule has 3 aromatic rings. The number of nitrogens with two attached hydrogens (primary N) is 1. The van der Waals surface area contributed by atoms with E-state index in [1.54, 1.807) is 18.2 Å². The molecule has 0 aliphatic carbocycles. The number of halogens is 1. The van der Waals surface area contributed by atoms with E-state index in [-0.39, 0.29) is 12.2 Å². The molecular weight excluding hydrogens is 409 g/mol. The molecule has 2 aromatic carbocycles. The molecule has 0 radical (unpaired) electrons. The maximum absolute atomic E-state index is 14.9. The third-order valence-corrected chi connectivity index (χ3v) is 4.91. The molecule has 1 aliphatic rings. The van der Waals surface area contributed by atoms with Crippen LogP contribution in [0, 0.1) is 5.82 Å². The van der Waals surface area contributed by atoms with Crippen molar-refractivity contribution in [1.29, 1.82) is 0 Å². The van der Waals surface area contributed by atoms with Gasteiger partial charge in [0.2, 0.25) is 0 Å². The van der Waals surface area contributed by atoms with Gasteiger partial charge in [0, 0.05) is 13.1 Å². The largest absolute Gasteiger partial charge is 0.442 e. The van der Waals surface area contributed by atoms with E-state index >= 15 is 0 Å². The zero-order valence-electron chi connectivity index (χ0n) is 15.9. The monoisotopic (exact) mass is 429 g/mol. The predicted molar refractivity (Wildman–Crippen MR) is 114 cm³/mol. The Morgan fingerprint density at radius 1 is 1.30 bits per heavy atom. The van der Waals surface area contributed by atoms with E-state index in [2.05, 4.69) is 20.9 Å². The molecule has 2 heterocycles. The molecule has 0 bridgehead atoms. The van der Waals surface area contributed by atoms with E-state index in [9.17, 15) is 9.18 Å². The van der Waals surface area contributed by atoms with Crippen molar-refractivity contribution in [3.05, 3.63) is 48.3 Å². The van der Waals surface area contributed by atoms with E-state index < -0.39 is 18.0 Å².